The molecule has 5 heteroatoms. The van der Waals surface area contributed by atoms with E-state index in [0.717, 1.165) is 5.69 Å². The number of anilines is 2. The molecule has 2 aromatic carbocycles. The van der Waals surface area contributed by atoms with Gasteiger partial charge < -0.3 is 15.4 Å². The zero-order chi connectivity index (χ0) is 13.0. The lowest BCUT2D eigenvalue weighted by Gasteiger charge is -2.09. The van der Waals surface area contributed by atoms with Crippen LogP contribution in [0.1, 0.15) is 10.4 Å². The molecule has 0 aliphatic carbocycles. The number of benzene rings is 2. The third kappa shape index (κ3) is 2.97. The fourth-order valence-electron chi connectivity index (χ4n) is 1.65. The van der Waals surface area contributed by atoms with Crippen molar-refractivity contribution in [3.8, 4) is 0 Å². The first-order chi connectivity index (χ1) is 8.69. The van der Waals surface area contributed by atoms with E-state index in [0.29, 0.717) is 17.5 Å². The molecule has 0 aliphatic rings. The van der Waals surface area contributed by atoms with Crippen LogP contribution in [0.2, 0.25) is 0 Å². The summed E-state index contributed by atoms with van der Waals surface area (Å²) in [5.74, 6) is 0. The third-order valence-electron chi connectivity index (χ3n) is 2.47. The predicted octanol–water partition coefficient (Wildman–Crippen LogP) is 0.922. The van der Waals surface area contributed by atoms with Crippen molar-refractivity contribution in [2.45, 2.75) is 0 Å². The van der Waals surface area contributed by atoms with Crippen molar-refractivity contribution in [2.24, 2.45) is 0 Å². The maximum Gasteiger partial charge on any atom is 0.488 e. The Hall–Kier alpha value is -2.11. The van der Waals surface area contributed by atoms with Crippen molar-refractivity contribution in [3.05, 3.63) is 54.1 Å². The van der Waals surface area contributed by atoms with Gasteiger partial charge in [0.1, 0.15) is 6.29 Å². The molecule has 18 heavy (non-hydrogen) atoms. The molecule has 4 nitrogen and oxygen atoms in total. The van der Waals surface area contributed by atoms with Gasteiger partial charge in [-0.2, -0.15) is 0 Å². The van der Waals surface area contributed by atoms with E-state index in [2.05, 4.69) is 5.32 Å². The van der Waals surface area contributed by atoms with Gasteiger partial charge in [0.15, 0.2) is 0 Å². The normalized spacial score (nSPS) is 9.89. The zero-order valence-corrected chi connectivity index (χ0v) is 9.58. The Morgan fingerprint density at radius 3 is 2.33 bits per heavy atom. The molecule has 0 heterocycles. The number of aldehydes is 1. The van der Waals surface area contributed by atoms with E-state index in [4.69, 9.17) is 10.0 Å². The molecule has 0 aliphatic heterocycles. The van der Waals surface area contributed by atoms with Gasteiger partial charge in [0.25, 0.3) is 0 Å². The number of carbonyl (C=O) groups excluding carboxylic acids is 1. The van der Waals surface area contributed by atoms with Gasteiger partial charge in [-0.25, -0.2) is 0 Å². The first-order valence-electron chi connectivity index (χ1n) is 5.47. The summed E-state index contributed by atoms with van der Waals surface area (Å²) in [6, 6.07) is 14.1. The first kappa shape index (κ1) is 12.4. The molecule has 0 saturated heterocycles. The summed E-state index contributed by atoms with van der Waals surface area (Å²) in [6.45, 7) is 0. The lowest BCUT2D eigenvalue weighted by Crippen LogP contribution is -2.30. The Bertz CT molecular complexity index is 543. The third-order valence-corrected chi connectivity index (χ3v) is 2.47. The van der Waals surface area contributed by atoms with Crippen molar-refractivity contribution in [3.63, 3.8) is 0 Å². The average Bonchev–Trinajstić information content (AvgIpc) is 2.39. The van der Waals surface area contributed by atoms with E-state index in [1.165, 1.54) is 6.07 Å². The van der Waals surface area contributed by atoms with Crippen LogP contribution in [0, 0.1) is 0 Å². The van der Waals surface area contributed by atoms with Gasteiger partial charge in [0.2, 0.25) is 0 Å². The highest BCUT2D eigenvalue weighted by Crippen LogP contribution is 2.16. The van der Waals surface area contributed by atoms with Crippen LogP contribution in [0.25, 0.3) is 0 Å². The molecule has 0 bridgehead atoms. The number of carbonyl (C=O) groups is 1. The highest BCUT2D eigenvalue weighted by atomic mass is 16.4. The van der Waals surface area contributed by atoms with Crippen molar-refractivity contribution >= 4 is 30.2 Å². The lowest BCUT2D eigenvalue weighted by molar-refractivity contribution is 0.112. The minimum atomic E-state index is -1.60. The predicted molar refractivity (Wildman–Crippen MR) is 71.4 cm³/mol. The van der Waals surface area contributed by atoms with E-state index < -0.39 is 7.12 Å². The van der Waals surface area contributed by atoms with Crippen LogP contribution in [-0.4, -0.2) is 23.5 Å². The quantitative estimate of drug-likeness (QED) is 0.550. The topological polar surface area (TPSA) is 69.6 Å². The summed E-state index contributed by atoms with van der Waals surface area (Å²) >= 11 is 0. The number of nitrogens with one attached hydrogen (secondary N) is 1. The van der Waals surface area contributed by atoms with E-state index >= 15 is 0 Å². The Kier molecular flexibility index (Phi) is 3.77. The Morgan fingerprint density at radius 1 is 1.00 bits per heavy atom. The molecular formula is C13H12BNO3. The van der Waals surface area contributed by atoms with Crippen molar-refractivity contribution in [1.82, 2.24) is 0 Å². The largest absolute Gasteiger partial charge is 0.488 e. The Balaban J connectivity index is 2.32. The molecule has 0 spiro atoms. The Morgan fingerprint density at radius 2 is 1.72 bits per heavy atom. The van der Waals surface area contributed by atoms with E-state index in [1.807, 2.05) is 30.3 Å². The van der Waals surface area contributed by atoms with Gasteiger partial charge in [0.05, 0.1) is 0 Å². The highest BCUT2D eigenvalue weighted by molar-refractivity contribution is 6.58. The van der Waals surface area contributed by atoms with Crippen LogP contribution >= 0.6 is 0 Å². The first-order valence-corrected chi connectivity index (χ1v) is 5.47. The zero-order valence-electron chi connectivity index (χ0n) is 9.58. The lowest BCUT2D eigenvalue weighted by atomic mass is 9.79. The maximum atomic E-state index is 10.8. The van der Waals surface area contributed by atoms with Crippen LogP contribution in [-0.2, 0) is 0 Å². The second-order valence-corrected chi connectivity index (χ2v) is 3.87. The van der Waals surface area contributed by atoms with E-state index in [1.54, 1.807) is 12.1 Å². The van der Waals surface area contributed by atoms with Gasteiger partial charge >= 0.3 is 7.12 Å². The number of hydrogen-bond acceptors (Lipinski definition) is 4. The molecule has 0 saturated carbocycles. The monoisotopic (exact) mass is 241 g/mol. The maximum absolute atomic E-state index is 10.8. The van der Waals surface area contributed by atoms with E-state index in [9.17, 15) is 4.79 Å². The Labute approximate surface area is 105 Å². The fourth-order valence-corrected chi connectivity index (χ4v) is 1.65. The van der Waals surface area contributed by atoms with Gasteiger partial charge in [0, 0.05) is 16.9 Å². The van der Waals surface area contributed by atoms with Crippen molar-refractivity contribution in [2.75, 3.05) is 5.32 Å². The minimum absolute atomic E-state index is 0.276. The molecule has 0 radical (unpaired) electrons. The molecule has 0 aromatic heterocycles. The standard InChI is InChI=1S/C13H12BNO3/c16-9-10-6-11(14(17)18)8-13(7-10)15-12-4-2-1-3-5-12/h1-9,15,17-18H. The van der Waals surface area contributed by atoms with Gasteiger partial charge in [-0.1, -0.05) is 24.3 Å². The minimum Gasteiger partial charge on any atom is -0.423 e. The molecular weight excluding hydrogens is 229 g/mol. The van der Waals surface area contributed by atoms with Crippen molar-refractivity contribution < 1.29 is 14.8 Å². The summed E-state index contributed by atoms with van der Waals surface area (Å²) in [4.78, 5) is 10.8. The second kappa shape index (κ2) is 5.49. The summed E-state index contributed by atoms with van der Waals surface area (Å²) in [7, 11) is -1.60. The number of para-hydroxylation sites is 1. The highest BCUT2D eigenvalue weighted by Gasteiger charge is 2.12. The fraction of sp³-hybridized carbons (Fsp3) is 0. The van der Waals surface area contributed by atoms with Crippen LogP contribution in [0.3, 0.4) is 0 Å². The molecule has 0 atom stereocenters. The van der Waals surface area contributed by atoms with Gasteiger partial charge in [-0.05, 0) is 29.7 Å². The molecule has 2 aromatic rings. The number of rotatable bonds is 4. The average molecular weight is 241 g/mol. The molecule has 3 N–H and O–H groups in total. The number of hydrogen-bond donors (Lipinski definition) is 3. The van der Waals surface area contributed by atoms with Gasteiger partial charge in [-0.3, -0.25) is 4.79 Å². The van der Waals surface area contributed by atoms with Crippen LogP contribution in [0.5, 0.6) is 0 Å². The molecule has 0 fully saturated rings. The summed E-state index contributed by atoms with van der Waals surface area (Å²) in [5.41, 5.74) is 2.16. The summed E-state index contributed by atoms with van der Waals surface area (Å²) in [6.07, 6.45) is 0.669. The van der Waals surface area contributed by atoms with Crippen molar-refractivity contribution in [1.29, 1.82) is 0 Å². The second-order valence-electron chi connectivity index (χ2n) is 3.87. The molecule has 0 unspecified atom stereocenters. The summed E-state index contributed by atoms with van der Waals surface area (Å²) in [5, 5.41) is 21.4. The SMILES string of the molecule is O=Cc1cc(Nc2ccccc2)cc(B(O)O)c1. The summed E-state index contributed by atoms with van der Waals surface area (Å²) < 4.78 is 0. The molecule has 2 rings (SSSR count). The van der Waals surface area contributed by atoms with Gasteiger partial charge in [-0.15, -0.1) is 0 Å². The smallest absolute Gasteiger partial charge is 0.423 e. The van der Waals surface area contributed by atoms with Crippen LogP contribution in [0.4, 0.5) is 11.4 Å². The van der Waals surface area contributed by atoms with Crippen LogP contribution in [0.15, 0.2) is 48.5 Å². The molecule has 90 valence electrons. The molecule has 0 amide bonds. The van der Waals surface area contributed by atoms with E-state index in [-0.39, 0.29) is 5.46 Å². The van der Waals surface area contributed by atoms with Crippen LogP contribution < -0.4 is 10.8 Å².